The number of hydrogen-bond donors (Lipinski definition) is 1. The van der Waals surface area contributed by atoms with E-state index in [1.807, 2.05) is 0 Å². The molecule has 1 heterocycles. The molecule has 1 aliphatic heterocycles. The van der Waals surface area contributed by atoms with Crippen LogP contribution in [0.15, 0.2) is 18.2 Å². The van der Waals surface area contributed by atoms with Gasteiger partial charge in [-0.05, 0) is 54.3 Å². The van der Waals surface area contributed by atoms with Crippen LogP contribution in [0.4, 0.5) is 0 Å². The van der Waals surface area contributed by atoms with Gasteiger partial charge in [0, 0.05) is 5.41 Å². The molecule has 0 saturated carbocycles. The van der Waals surface area contributed by atoms with E-state index in [0.29, 0.717) is 0 Å². The third kappa shape index (κ3) is 2.32. The van der Waals surface area contributed by atoms with Gasteiger partial charge in [-0.2, -0.15) is 0 Å². The Morgan fingerprint density at radius 3 is 2.58 bits per heavy atom. The van der Waals surface area contributed by atoms with E-state index in [1.165, 1.54) is 24.8 Å². The van der Waals surface area contributed by atoms with E-state index < -0.39 is 0 Å². The molecule has 2 heteroatoms. The molecule has 1 fully saturated rings. The molecule has 0 atom stereocenters. The number of ether oxygens (including phenoxy) is 1. The third-order valence-corrected chi connectivity index (χ3v) is 4.84. The summed E-state index contributed by atoms with van der Waals surface area (Å²) < 4.78 is 5.56. The first-order chi connectivity index (χ1) is 9.05. The summed E-state index contributed by atoms with van der Waals surface area (Å²) in [5, 5.41) is 0. The minimum Gasteiger partial charge on any atom is -0.379 e. The Kier molecular flexibility index (Phi) is 3.18. The Labute approximate surface area is 116 Å². The summed E-state index contributed by atoms with van der Waals surface area (Å²) in [4.78, 5) is 0. The molecule has 0 spiro atoms. The molecule has 1 saturated heterocycles. The van der Waals surface area contributed by atoms with E-state index in [1.54, 1.807) is 11.1 Å². The molecule has 0 amide bonds. The second kappa shape index (κ2) is 4.60. The summed E-state index contributed by atoms with van der Waals surface area (Å²) in [6.45, 7) is 6.98. The predicted molar refractivity (Wildman–Crippen MR) is 78.4 cm³/mol. The van der Waals surface area contributed by atoms with Crippen molar-refractivity contribution in [3.05, 3.63) is 34.9 Å². The number of benzene rings is 1. The molecule has 1 aromatic rings. The number of aryl methyl sites for hydroxylation is 2. The van der Waals surface area contributed by atoms with Crippen molar-refractivity contribution >= 4 is 0 Å². The average Bonchev–Trinajstić information content (AvgIpc) is 2.81. The molecule has 19 heavy (non-hydrogen) atoms. The maximum atomic E-state index is 5.92. The Balaban J connectivity index is 1.90. The fourth-order valence-corrected chi connectivity index (χ4v) is 3.61. The normalized spacial score (nSPS) is 21.0. The molecule has 1 aliphatic carbocycles. The van der Waals surface area contributed by atoms with Gasteiger partial charge in [0.05, 0.1) is 13.2 Å². The topological polar surface area (TPSA) is 35.2 Å². The van der Waals surface area contributed by atoms with Crippen LogP contribution >= 0.6 is 0 Å². The molecular formula is C17H25NO. The van der Waals surface area contributed by atoms with E-state index >= 15 is 0 Å². The molecule has 0 aromatic heterocycles. The van der Waals surface area contributed by atoms with Crippen molar-refractivity contribution in [1.82, 2.24) is 0 Å². The summed E-state index contributed by atoms with van der Waals surface area (Å²) in [5.41, 5.74) is 10.9. The van der Waals surface area contributed by atoms with Crippen LogP contribution in [-0.2, 0) is 23.0 Å². The Morgan fingerprint density at radius 2 is 1.95 bits per heavy atom. The van der Waals surface area contributed by atoms with E-state index in [-0.39, 0.29) is 10.8 Å². The van der Waals surface area contributed by atoms with Crippen molar-refractivity contribution in [2.45, 2.75) is 44.9 Å². The first-order valence-corrected chi connectivity index (χ1v) is 7.45. The molecule has 0 radical (unpaired) electrons. The lowest BCUT2D eigenvalue weighted by Gasteiger charge is -2.46. The maximum absolute atomic E-state index is 5.92. The first-order valence-electron chi connectivity index (χ1n) is 7.45. The summed E-state index contributed by atoms with van der Waals surface area (Å²) in [7, 11) is 0. The number of rotatable bonds is 4. The molecule has 3 rings (SSSR count). The zero-order chi connectivity index (χ0) is 13.5. The monoisotopic (exact) mass is 259 g/mol. The van der Waals surface area contributed by atoms with Crippen LogP contribution < -0.4 is 5.73 Å². The van der Waals surface area contributed by atoms with Gasteiger partial charge in [0.15, 0.2) is 0 Å². The fourth-order valence-electron chi connectivity index (χ4n) is 3.61. The van der Waals surface area contributed by atoms with Crippen molar-refractivity contribution in [3.63, 3.8) is 0 Å². The van der Waals surface area contributed by atoms with E-state index in [0.717, 1.165) is 26.2 Å². The molecule has 2 nitrogen and oxygen atoms in total. The van der Waals surface area contributed by atoms with Gasteiger partial charge in [-0.15, -0.1) is 0 Å². The Morgan fingerprint density at radius 1 is 1.21 bits per heavy atom. The minimum absolute atomic E-state index is 0.183. The minimum atomic E-state index is 0.183. The predicted octanol–water partition coefficient (Wildman–Crippen LogP) is 2.82. The quantitative estimate of drug-likeness (QED) is 0.902. The van der Waals surface area contributed by atoms with Crippen molar-refractivity contribution in [3.8, 4) is 0 Å². The average molecular weight is 259 g/mol. The number of nitrogens with two attached hydrogens (primary N) is 1. The largest absolute Gasteiger partial charge is 0.379 e. The van der Waals surface area contributed by atoms with Crippen LogP contribution in [0.5, 0.6) is 0 Å². The number of fused-ring (bicyclic) bond motifs is 1. The SMILES string of the molecule is CC(C)(CN)CC1(c2ccc3c(c2)CCC3)COC1. The standard InChI is InChI=1S/C17H25NO/c1-16(2,10-18)9-17(11-19-12-17)15-7-6-13-4-3-5-14(13)8-15/h6-8H,3-5,9-12,18H2,1-2H3. The summed E-state index contributed by atoms with van der Waals surface area (Å²) in [6.07, 6.45) is 4.94. The summed E-state index contributed by atoms with van der Waals surface area (Å²) in [6, 6.07) is 7.11. The fraction of sp³-hybridized carbons (Fsp3) is 0.647. The highest BCUT2D eigenvalue weighted by molar-refractivity contribution is 5.40. The van der Waals surface area contributed by atoms with E-state index in [9.17, 15) is 0 Å². The molecule has 104 valence electrons. The molecule has 2 N–H and O–H groups in total. The summed E-state index contributed by atoms with van der Waals surface area (Å²) >= 11 is 0. The lowest BCUT2D eigenvalue weighted by atomic mass is 9.67. The highest BCUT2D eigenvalue weighted by atomic mass is 16.5. The lowest BCUT2D eigenvalue weighted by Crippen LogP contribution is -2.50. The van der Waals surface area contributed by atoms with Crippen LogP contribution in [-0.4, -0.2) is 19.8 Å². The van der Waals surface area contributed by atoms with Crippen LogP contribution in [0, 0.1) is 5.41 Å². The first kappa shape index (κ1) is 13.1. The highest BCUT2D eigenvalue weighted by Gasteiger charge is 2.44. The summed E-state index contributed by atoms with van der Waals surface area (Å²) in [5.74, 6) is 0. The van der Waals surface area contributed by atoms with Crippen molar-refractivity contribution in [1.29, 1.82) is 0 Å². The molecule has 2 aliphatic rings. The van der Waals surface area contributed by atoms with Gasteiger partial charge in [0.25, 0.3) is 0 Å². The molecular weight excluding hydrogens is 234 g/mol. The second-order valence-corrected chi connectivity index (χ2v) is 7.16. The highest BCUT2D eigenvalue weighted by Crippen LogP contribution is 2.43. The molecule has 0 bridgehead atoms. The lowest BCUT2D eigenvalue weighted by molar-refractivity contribution is -0.0786. The van der Waals surface area contributed by atoms with E-state index in [4.69, 9.17) is 10.5 Å². The molecule has 0 unspecified atom stereocenters. The van der Waals surface area contributed by atoms with Crippen molar-refractivity contribution in [2.24, 2.45) is 11.1 Å². The van der Waals surface area contributed by atoms with Crippen molar-refractivity contribution < 1.29 is 4.74 Å². The van der Waals surface area contributed by atoms with Gasteiger partial charge in [0.2, 0.25) is 0 Å². The second-order valence-electron chi connectivity index (χ2n) is 7.16. The van der Waals surface area contributed by atoms with Crippen LogP contribution in [0.3, 0.4) is 0 Å². The Bertz CT molecular complexity index is 474. The Hall–Kier alpha value is -0.860. The van der Waals surface area contributed by atoms with Gasteiger partial charge in [-0.25, -0.2) is 0 Å². The zero-order valence-corrected chi connectivity index (χ0v) is 12.2. The van der Waals surface area contributed by atoms with E-state index in [2.05, 4.69) is 32.0 Å². The third-order valence-electron chi connectivity index (χ3n) is 4.84. The number of hydrogen-bond acceptors (Lipinski definition) is 2. The van der Waals surface area contributed by atoms with Gasteiger partial charge in [-0.3, -0.25) is 0 Å². The smallest absolute Gasteiger partial charge is 0.0585 e. The van der Waals surface area contributed by atoms with Gasteiger partial charge < -0.3 is 10.5 Å². The van der Waals surface area contributed by atoms with Gasteiger partial charge in [-0.1, -0.05) is 32.0 Å². The van der Waals surface area contributed by atoms with Gasteiger partial charge in [0.1, 0.15) is 0 Å². The molecule has 1 aromatic carbocycles. The maximum Gasteiger partial charge on any atom is 0.0585 e. The van der Waals surface area contributed by atoms with Crippen LogP contribution in [0.2, 0.25) is 0 Å². The zero-order valence-electron chi connectivity index (χ0n) is 12.2. The van der Waals surface area contributed by atoms with Crippen molar-refractivity contribution in [2.75, 3.05) is 19.8 Å². The van der Waals surface area contributed by atoms with Crippen LogP contribution in [0.1, 0.15) is 43.4 Å². The van der Waals surface area contributed by atoms with Gasteiger partial charge >= 0.3 is 0 Å². The van der Waals surface area contributed by atoms with Crippen LogP contribution in [0.25, 0.3) is 0 Å².